The third kappa shape index (κ3) is 4.03. The van der Waals surface area contributed by atoms with Gasteiger partial charge in [0.1, 0.15) is 12.4 Å². The minimum Gasteiger partial charge on any atom is -0.369 e. The molecule has 1 fully saturated rings. The Kier molecular flexibility index (Phi) is 5.08. The lowest BCUT2D eigenvalue weighted by molar-refractivity contribution is -0.385. The van der Waals surface area contributed by atoms with Crippen molar-refractivity contribution in [1.82, 2.24) is 14.9 Å². The van der Waals surface area contributed by atoms with Crippen molar-refractivity contribution < 1.29 is 4.92 Å². The molecule has 132 valence electrons. The zero-order valence-electron chi connectivity index (χ0n) is 14.5. The lowest BCUT2D eigenvalue weighted by atomic mass is 10.1. The van der Waals surface area contributed by atoms with Crippen LogP contribution >= 0.6 is 0 Å². The molecule has 0 spiro atoms. The smallest absolute Gasteiger partial charge is 0.305 e. The standard InChI is InChI=1S/C17H22N6O2/c1-3-21-6-8-22(9-7-21)14-4-5-16(13(2)10-14)20-17-18-11-15(12-19-17)23(24)25/h4-5,10-12H,3,6-9H2,1-2H3,(H,18,19,20). The monoisotopic (exact) mass is 342 g/mol. The Morgan fingerprint density at radius 2 is 1.88 bits per heavy atom. The summed E-state index contributed by atoms with van der Waals surface area (Å²) in [6.07, 6.45) is 2.40. The molecule has 0 bridgehead atoms. The summed E-state index contributed by atoms with van der Waals surface area (Å²) in [6, 6.07) is 6.24. The van der Waals surface area contributed by atoms with Crippen molar-refractivity contribution in [2.24, 2.45) is 0 Å². The summed E-state index contributed by atoms with van der Waals surface area (Å²) in [5.74, 6) is 0.345. The molecule has 0 saturated carbocycles. The van der Waals surface area contributed by atoms with Gasteiger partial charge in [-0.2, -0.15) is 0 Å². The highest BCUT2D eigenvalue weighted by molar-refractivity contribution is 5.64. The molecule has 1 aromatic heterocycles. The Bertz CT molecular complexity index is 741. The maximum atomic E-state index is 10.6. The lowest BCUT2D eigenvalue weighted by Crippen LogP contribution is -2.46. The minimum absolute atomic E-state index is 0.121. The fourth-order valence-corrected chi connectivity index (χ4v) is 2.91. The van der Waals surface area contributed by atoms with E-state index in [1.807, 2.05) is 13.0 Å². The molecule has 8 nitrogen and oxygen atoms in total. The van der Waals surface area contributed by atoms with Gasteiger partial charge in [0.05, 0.1) is 4.92 Å². The first-order chi connectivity index (χ1) is 12.1. The van der Waals surface area contributed by atoms with Crippen LogP contribution < -0.4 is 10.2 Å². The van der Waals surface area contributed by atoms with Gasteiger partial charge in [-0.1, -0.05) is 6.92 Å². The van der Waals surface area contributed by atoms with E-state index >= 15 is 0 Å². The Balaban J connectivity index is 1.68. The topological polar surface area (TPSA) is 87.4 Å². The average Bonchev–Trinajstić information content (AvgIpc) is 2.64. The van der Waals surface area contributed by atoms with Gasteiger partial charge in [0.15, 0.2) is 0 Å². The number of nitro groups is 1. The molecule has 2 aromatic rings. The number of benzene rings is 1. The van der Waals surface area contributed by atoms with Crippen LogP contribution in [0.4, 0.5) is 23.0 Å². The highest BCUT2D eigenvalue weighted by Crippen LogP contribution is 2.25. The van der Waals surface area contributed by atoms with Crippen LogP contribution in [-0.4, -0.2) is 52.5 Å². The van der Waals surface area contributed by atoms with Crippen LogP contribution in [0.25, 0.3) is 0 Å². The maximum Gasteiger partial charge on any atom is 0.305 e. The molecule has 1 N–H and O–H groups in total. The number of piperazine rings is 1. The Morgan fingerprint density at radius 3 is 2.44 bits per heavy atom. The van der Waals surface area contributed by atoms with Crippen LogP contribution in [0.15, 0.2) is 30.6 Å². The van der Waals surface area contributed by atoms with E-state index in [2.05, 4.69) is 44.1 Å². The predicted octanol–water partition coefficient (Wildman–Crippen LogP) is 2.58. The summed E-state index contributed by atoms with van der Waals surface area (Å²) in [7, 11) is 0. The van der Waals surface area contributed by atoms with Crippen LogP contribution in [0.1, 0.15) is 12.5 Å². The molecule has 1 aliphatic rings. The maximum absolute atomic E-state index is 10.6. The van der Waals surface area contributed by atoms with Crippen LogP contribution in [-0.2, 0) is 0 Å². The van der Waals surface area contributed by atoms with Gasteiger partial charge in [0.2, 0.25) is 5.95 Å². The zero-order chi connectivity index (χ0) is 17.8. The van der Waals surface area contributed by atoms with Crippen molar-refractivity contribution in [3.05, 3.63) is 46.3 Å². The fourth-order valence-electron chi connectivity index (χ4n) is 2.91. The zero-order valence-corrected chi connectivity index (χ0v) is 14.5. The highest BCUT2D eigenvalue weighted by Gasteiger charge is 2.16. The average molecular weight is 342 g/mol. The van der Waals surface area contributed by atoms with Gasteiger partial charge < -0.3 is 15.1 Å². The first-order valence-corrected chi connectivity index (χ1v) is 8.38. The second kappa shape index (κ2) is 7.43. The number of likely N-dealkylation sites (N-methyl/N-ethyl adjacent to an activating group) is 1. The number of aromatic nitrogens is 2. The summed E-state index contributed by atoms with van der Waals surface area (Å²) in [5.41, 5.74) is 3.06. The van der Waals surface area contributed by atoms with Crippen LogP contribution in [0.3, 0.4) is 0 Å². The largest absolute Gasteiger partial charge is 0.369 e. The Hall–Kier alpha value is -2.74. The first kappa shape index (κ1) is 17.1. The van der Waals surface area contributed by atoms with E-state index in [4.69, 9.17) is 0 Å². The molecule has 1 aromatic carbocycles. The van der Waals surface area contributed by atoms with E-state index < -0.39 is 4.92 Å². The van der Waals surface area contributed by atoms with Gasteiger partial charge in [0.25, 0.3) is 0 Å². The van der Waals surface area contributed by atoms with E-state index in [-0.39, 0.29) is 5.69 Å². The third-order valence-corrected chi connectivity index (χ3v) is 4.49. The van der Waals surface area contributed by atoms with Crippen molar-refractivity contribution >= 4 is 23.0 Å². The molecule has 1 saturated heterocycles. The van der Waals surface area contributed by atoms with Crippen LogP contribution in [0.5, 0.6) is 0 Å². The fraction of sp³-hybridized carbons (Fsp3) is 0.412. The van der Waals surface area contributed by atoms with Gasteiger partial charge in [-0.3, -0.25) is 10.1 Å². The van der Waals surface area contributed by atoms with E-state index in [1.54, 1.807) is 0 Å². The van der Waals surface area contributed by atoms with Crippen molar-refractivity contribution in [3.8, 4) is 0 Å². The van der Waals surface area contributed by atoms with Gasteiger partial charge in [0, 0.05) is 37.6 Å². The van der Waals surface area contributed by atoms with Crippen molar-refractivity contribution in [3.63, 3.8) is 0 Å². The highest BCUT2D eigenvalue weighted by atomic mass is 16.6. The van der Waals surface area contributed by atoms with E-state index in [0.29, 0.717) is 5.95 Å². The number of hydrogen-bond acceptors (Lipinski definition) is 7. The minimum atomic E-state index is -0.512. The number of nitrogens with zero attached hydrogens (tertiary/aromatic N) is 5. The predicted molar refractivity (Wildman–Crippen MR) is 97.5 cm³/mol. The Labute approximate surface area is 146 Å². The third-order valence-electron chi connectivity index (χ3n) is 4.49. The molecule has 2 heterocycles. The quantitative estimate of drug-likeness (QED) is 0.660. The van der Waals surface area contributed by atoms with Gasteiger partial charge in [-0.25, -0.2) is 9.97 Å². The van der Waals surface area contributed by atoms with E-state index in [1.165, 1.54) is 18.1 Å². The summed E-state index contributed by atoms with van der Waals surface area (Å²) < 4.78 is 0. The summed E-state index contributed by atoms with van der Waals surface area (Å²) in [5, 5.41) is 13.8. The molecule has 0 radical (unpaired) electrons. The van der Waals surface area contributed by atoms with Gasteiger partial charge in [-0.05, 0) is 37.2 Å². The molecule has 8 heteroatoms. The molecular weight excluding hydrogens is 320 g/mol. The van der Waals surface area contributed by atoms with Crippen molar-refractivity contribution in [2.75, 3.05) is 42.9 Å². The Morgan fingerprint density at radius 1 is 1.20 bits per heavy atom. The van der Waals surface area contributed by atoms with Crippen molar-refractivity contribution in [2.45, 2.75) is 13.8 Å². The van der Waals surface area contributed by atoms with E-state index in [0.717, 1.165) is 44.0 Å². The summed E-state index contributed by atoms with van der Waals surface area (Å²) >= 11 is 0. The molecule has 1 aliphatic heterocycles. The molecule has 25 heavy (non-hydrogen) atoms. The van der Waals surface area contributed by atoms with Crippen molar-refractivity contribution in [1.29, 1.82) is 0 Å². The number of nitrogens with one attached hydrogen (secondary N) is 1. The number of anilines is 3. The molecule has 3 rings (SSSR count). The molecule has 0 unspecified atom stereocenters. The SMILES string of the molecule is CCN1CCN(c2ccc(Nc3ncc([N+](=O)[O-])cn3)c(C)c2)CC1. The normalized spacial score (nSPS) is 15.2. The van der Waals surface area contributed by atoms with Crippen LogP contribution in [0.2, 0.25) is 0 Å². The number of aryl methyl sites for hydroxylation is 1. The number of rotatable bonds is 5. The summed E-state index contributed by atoms with van der Waals surface area (Å²) in [4.78, 5) is 23.0. The number of hydrogen-bond donors (Lipinski definition) is 1. The second-order valence-corrected chi connectivity index (χ2v) is 6.07. The first-order valence-electron chi connectivity index (χ1n) is 8.38. The van der Waals surface area contributed by atoms with Gasteiger partial charge >= 0.3 is 5.69 Å². The molecule has 0 atom stereocenters. The summed E-state index contributed by atoms with van der Waals surface area (Å²) in [6.45, 7) is 9.57. The molecule has 0 aliphatic carbocycles. The molecule has 0 amide bonds. The van der Waals surface area contributed by atoms with Crippen LogP contribution in [0, 0.1) is 17.0 Å². The van der Waals surface area contributed by atoms with Gasteiger partial charge in [-0.15, -0.1) is 0 Å². The lowest BCUT2D eigenvalue weighted by Gasteiger charge is -2.35. The second-order valence-electron chi connectivity index (χ2n) is 6.07. The van der Waals surface area contributed by atoms with E-state index in [9.17, 15) is 10.1 Å². The molecular formula is C17H22N6O2.